The van der Waals surface area contributed by atoms with Gasteiger partial charge in [0, 0.05) is 31.7 Å². The summed E-state index contributed by atoms with van der Waals surface area (Å²) in [6, 6.07) is 16.5. The molecule has 0 spiro atoms. The standard InChI is InChI=1S/C36H48N2O11/c1-37(36(41)49-28-33-31-8-4-2-6-29(31)30-7-3-5-9-32(30)33)12-14-42-16-18-44-20-22-46-24-26-48-27-25-47-23-21-45-19-17-43-15-13-38-34(39)10-11-35(38)40/h2-11,33H,12-28H2,1H3. The van der Waals surface area contributed by atoms with Crippen LogP contribution in [0.4, 0.5) is 4.79 Å². The van der Waals surface area contributed by atoms with Crippen molar-refractivity contribution in [1.82, 2.24) is 9.80 Å². The largest absolute Gasteiger partial charge is 0.448 e. The molecule has 2 aliphatic rings. The van der Waals surface area contributed by atoms with Gasteiger partial charge < -0.3 is 42.8 Å². The Balaban J connectivity index is 0.858. The van der Waals surface area contributed by atoms with E-state index in [1.807, 2.05) is 24.3 Å². The molecular formula is C36H48N2O11. The van der Waals surface area contributed by atoms with Gasteiger partial charge in [-0.25, -0.2) is 4.79 Å². The Kier molecular flexibility index (Phi) is 17.2. The molecule has 0 bridgehead atoms. The van der Waals surface area contributed by atoms with E-state index in [0.717, 1.165) is 4.90 Å². The lowest BCUT2D eigenvalue weighted by Crippen LogP contribution is -2.33. The lowest BCUT2D eigenvalue weighted by molar-refractivity contribution is -0.137. The summed E-state index contributed by atoms with van der Waals surface area (Å²) in [5.41, 5.74) is 4.78. The first-order valence-corrected chi connectivity index (χ1v) is 16.7. The van der Waals surface area contributed by atoms with Crippen LogP contribution in [0, 0.1) is 0 Å². The summed E-state index contributed by atoms with van der Waals surface area (Å²) in [5.74, 6) is -0.587. The molecule has 0 atom stereocenters. The molecule has 13 heteroatoms. The van der Waals surface area contributed by atoms with Crippen molar-refractivity contribution in [2.45, 2.75) is 5.92 Å². The van der Waals surface area contributed by atoms with Gasteiger partial charge in [-0.2, -0.15) is 0 Å². The molecule has 1 aliphatic carbocycles. The van der Waals surface area contributed by atoms with Crippen molar-refractivity contribution in [2.75, 3.05) is 119 Å². The van der Waals surface area contributed by atoms with Gasteiger partial charge in [-0.05, 0) is 22.3 Å². The van der Waals surface area contributed by atoms with Crippen LogP contribution >= 0.6 is 0 Å². The number of benzene rings is 2. The van der Waals surface area contributed by atoms with Crippen LogP contribution in [0.2, 0.25) is 0 Å². The number of fused-ring (bicyclic) bond motifs is 3. The zero-order valence-corrected chi connectivity index (χ0v) is 28.3. The molecule has 4 rings (SSSR count). The number of nitrogens with zero attached hydrogens (tertiary/aromatic N) is 2. The minimum Gasteiger partial charge on any atom is -0.448 e. The van der Waals surface area contributed by atoms with E-state index < -0.39 is 0 Å². The molecular weight excluding hydrogens is 636 g/mol. The van der Waals surface area contributed by atoms with Crippen LogP contribution in [0.25, 0.3) is 11.1 Å². The van der Waals surface area contributed by atoms with Crippen LogP contribution in [0.1, 0.15) is 17.0 Å². The second kappa shape index (κ2) is 22.1. The van der Waals surface area contributed by atoms with Gasteiger partial charge in [0.1, 0.15) is 6.61 Å². The second-order valence-corrected chi connectivity index (χ2v) is 11.2. The highest BCUT2D eigenvalue weighted by molar-refractivity contribution is 6.12. The van der Waals surface area contributed by atoms with Crippen molar-refractivity contribution in [2.24, 2.45) is 0 Å². The van der Waals surface area contributed by atoms with Crippen LogP contribution in [0.3, 0.4) is 0 Å². The molecule has 1 aliphatic heterocycles. The molecule has 2 aromatic rings. The first-order chi connectivity index (χ1) is 24.1. The summed E-state index contributed by atoms with van der Waals surface area (Å²) in [5, 5.41) is 0. The maximum absolute atomic E-state index is 12.6. The first kappa shape index (κ1) is 38.1. The van der Waals surface area contributed by atoms with E-state index in [0.29, 0.717) is 99.0 Å². The predicted molar refractivity (Wildman–Crippen MR) is 179 cm³/mol. The van der Waals surface area contributed by atoms with Crippen molar-refractivity contribution >= 4 is 17.9 Å². The van der Waals surface area contributed by atoms with E-state index in [1.165, 1.54) is 39.3 Å². The van der Waals surface area contributed by atoms with Crippen LogP contribution < -0.4 is 0 Å². The van der Waals surface area contributed by atoms with E-state index in [9.17, 15) is 14.4 Å². The average molecular weight is 685 g/mol. The van der Waals surface area contributed by atoms with Gasteiger partial charge in [0.15, 0.2) is 0 Å². The Morgan fingerprint density at radius 1 is 0.592 bits per heavy atom. The van der Waals surface area contributed by atoms with E-state index in [4.69, 9.17) is 37.9 Å². The molecule has 0 saturated heterocycles. The van der Waals surface area contributed by atoms with E-state index >= 15 is 0 Å². The normalized spacial score (nSPS) is 13.7. The monoisotopic (exact) mass is 684 g/mol. The molecule has 49 heavy (non-hydrogen) atoms. The smallest absolute Gasteiger partial charge is 0.409 e. The lowest BCUT2D eigenvalue weighted by atomic mass is 9.98. The van der Waals surface area contributed by atoms with Crippen LogP contribution in [-0.2, 0) is 47.5 Å². The molecule has 0 N–H and O–H groups in total. The molecule has 268 valence electrons. The summed E-state index contributed by atoms with van der Waals surface area (Å²) in [6.07, 6.45) is 2.14. The van der Waals surface area contributed by atoms with Crippen molar-refractivity contribution in [3.63, 3.8) is 0 Å². The Morgan fingerprint density at radius 2 is 0.980 bits per heavy atom. The lowest BCUT2D eigenvalue weighted by Gasteiger charge is -2.19. The van der Waals surface area contributed by atoms with Gasteiger partial charge >= 0.3 is 6.09 Å². The second-order valence-electron chi connectivity index (χ2n) is 11.2. The van der Waals surface area contributed by atoms with Gasteiger partial charge in [-0.15, -0.1) is 0 Å². The van der Waals surface area contributed by atoms with Gasteiger partial charge in [-0.1, -0.05) is 48.5 Å². The molecule has 13 nitrogen and oxygen atoms in total. The third-order valence-electron chi connectivity index (χ3n) is 7.81. The van der Waals surface area contributed by atoms with Crippen LogP contribution in [0.5, 0.6) is 0 Å². The number of ether oxygens (including phenoxy) is 8. The maximum atomic E-state index is 12.6. The number of hydrogen-bond donors (Lipinski definition) is 0. The number of carbonyl (C=O) groups is 3. The van der Waals surface area contributed by atoms with Crippen molar-refractivity contribution < 1.29 is 52.3 Å². The summed E-state index contributed by atoms with van der Waals surface area (Å²) in [4.78, 5) is 38.1. The highest BCUT2D eigenvalue weighted by atomic mass is 16.6. The fourth-order valence-electron chi connectivity index (χ4n) is 5.23. The minimum atomic E-state index is -0.372. The highest BCUT2D eigenvalue weighted by Gasteiger charge is 2.29. The first-order valence-electron chi connectivity index (χ1n) is 16.7. The van der Waals surface area contributed by atoms with E-state index in [-0.39, 0.29) is 37.0 Å². The van der Waals surface area contributed by atoms with Gasteiger partial charge in [0.2, 0.25) is 0 Å². The molecule has 0 radical (unpaired) electrons. The number of amides is 3. The number of carbonyl (C=O) groups excluding carboxylic acids is 3. The zero-order chi connectivity index (χ0) is 34.5. The molecule has 0 fully saturated rings. The Labute approximate surface area is 287 Å². The molecule has 0 unspecified atom stereocenters. The molecule has 2 aromatic carbocycles. The highest BCUT2D eigenvalue weighted by Crippen LogP contribution is 2.44. The van der Waals surface area contributed by atoms with E-state index in [1.54, 1.807) is 7.05 Å². The number of rotatable bonds is 26. The molecule has 0 saturated carbocycles. The SMILES string of the molecule is CN(CCOCCOCCOCCOCCOCCOCCOCCN1C(=O)C=CC1=O)C(=O)OCC1c2ccccc2-c2ccccc21. The van der Waals surface area contributed by atoms with Gasteiger partial charge in [-0.3, -0.25) is 14.5 Å². The zero-order valence-electron chi connectivity index (χ0n) is 28.3. The van der Waals surface area contributed by atoms with Crippen molar-refractivity contribution in [1.29, 1.82) is 0 Å². The minimum absolute atomic E-state index is 0.0336. The quantitative estimate of drug-likeness (QED) is 0.107. The third kappa shape index (κ3) is 12.9. The molecule has 1 heterocycles. The topological polar surface area (TPSA) is 132 Å². The van der Waals surface area contributed by atoms with Crippen molar-refractivity contribution in [3.8, 4) is 11.1 Å². The van der Waals surface area contributed by atoms with E-state index in [2.05, 4.69) is 24.3 Å². The summed E-state index contributed by atoms with van der Waals surface area (Å²) >= 11 is 0. The molecule has 0 aromatic heterocycles. The number of imide groups is 1. The Morgan fingerprint density at radius 3 is 1.43 bits per heavy atom. The Bertz CT molecular complexity index is 1270. The fourth-order valence-corrected chi connectivity index (χ4v) is 5.23. The number of likely N-dealkylation sites (N-methyl/N-ethyl adjacent to an activating group) is 1. The van der Waals surface area contributed by atoms with Crippen LogP contribution in [0.15, 0.2) is 60.7 Å². The number of hydrogen-bond acceptors (Lipinski definition) is 11. The summed E-state index contributed by atoms with van der Waals surface area (Å²) in [7, 11) is 1.71. The summed E-state index contributed by atoms with van der Waals surface area (Å²) in [6.45, 7) is 6.85. The molecule has 3 amide bonds. The maximum Gasteiger partial charge on any atom is 0.409 e. The third-order valence-corrected chi connectivity index (χ3v) is 7.81. The van der Waals surface area contributed by atoms with Gasteiger partial charge in [0.05, 0.1) is 99.0 Å². The predicted octanol–water partition coefficient (Wildman–Crippen LogP) is 2.91. The summed E-state index contributed by atoms with van der Waals surface area (Å²) < 4.78 is 44.0. The van der Waals surface area contributed by atoms with Crippen molar-refractivity contribution in [3.05, 3.63) is 71.8 Å². The van der Waals surface area contributed by atoms with Crippen LogP contribution in [-0.4, -0.2) is 147 Å². The Hall–Kier alpha value is -3.69. The fraction of sp³-hybridized carbons (Fsp3) is 0.528. The average Bonchev–Trinajstić information content (AvgIpc) is 3.62. The van der Waals surface area contributed by atoms with Gasteiger partial charge in [0.25, 0.3) is 11.8 Å².